The molecule has 0 spiro atoms. The molecular formula is C16H16INO. The van der Waals surface area contributed by atoms with Crippen molar-refractivity contribution >= 4 is 39.3 Å². The molecule has 1 aromatic carbocycles. The molecule has 0 N–H and O–H groups in total. The van der Waals surface area contributed by atoms with Gasteiger partial charge in [0, 0.05) is 34.1 Å². The smallest absolute Gasteiger partial charge is 0.162 e. The summed E-state index contributed by atoms with van der Waals surface area (Å²) in [7, 11) is 0. The van der Waals surface area contributed by atoms with Crippen molar-refractivity contribution in [1.82, 2.24) is 4.57 Å². The fourth-order valence-electron chi connectivity index (χ4n) is 3.04. The molecule has 0 saturated carbocycles. The summed E-state index contributed by atoms with van der Waals surface area (Å²) in [6.07, 6.45) is 2.25. The third-order valence-corrected chi connectivity index (χ3v) is 5.75. The van der Waals surface area contributed by atoms with Crippen molar-refractivity contribution in [3.8, 4) is 0 Å². The molecule has 0 atom stereocenters. The summed E-state index contributed by atoms with van der Waals surface area (Å²) in [6, 6.07) is 8.20. The van der Waals surface area contributed by atoms with Gasteiger partial charge in [0.15, 0.2) is 5.78 Å². The Morgan fingerprint density at radius 3 is 2.68 bits per heavy atom. The SMILES string of the molecule is CC(=O)c1c2n(c3ccccc13)CC=C(I)C2(C)C. The predicted octanol–water partition coefficient (Wildman–Crippen LogP) is 4.45. The molecule has 2 aromatic rings. The average Bonchev–Trinajstić information content (AvgIpc) is 2.70. The normalized spacial score (nSPS) is 17.2. The van der Waals surface area contributed by atoms with Gasteiger partial charge in [0.1, 0.15) is 0 Å². The van der Waals surface area contributed by atoms with Gasteiger partial charge in [0.05, 0.1) is 0 Å². The Hall–Kier alpha value is -1.10. The molecule has 0 radical (unpaired) electrons. The summed E-state index contributed by atoms with van der Waals surface area (Å²) in [6.45, 7) is 6.91. The van der Waals surface area contributed by atoms with E-state index in [4.69, 9.17) is 0 Å². The Labute approximate surface area is 126 Å². The molecule has 19 heavy (non-hydrogen) atoms. The lowest BCUT2D eigenvalue weighted by molar-refractivity contribution is 0.101. The number of allylic oxidation sites excluding steroid dienone is 2. The van der Waals surface area contributed by atoms with Gasteiger partial charge in [-0.15, -0.1) is 0 Å². The first-order valence-corrected chi connectivity index (χ1v) is 7.51. The minimum absolute atomic E-state index is 0.0984. The fraction of sp³-hybridized carbons (Fsp3) is 0.312. The van der Waals surface area contributed by atoms with Crippen molar-refractivity contribution in [2.24, 2.45) is 0 Å². The number of carbonyl (C=O) groups is 1. The van der Waals surface area contributed by atoms with E-state index in [9.17, 15) is 4.79 Å². The van der Waals surface area contributed by atoms with Crippen LogP contribution in [0.15, 0.2) is 33.9 Å². The van der Waals surface area contributed by atoms with Crippen molar-refractivity contribution in [1.29, 1.82) is 0 Å². The quantitative estimate of drug-likeness (QED) is 0.541. The Balaban J connectivity index is 2.48. The zero-order valence-electron chi connectivity index (χ0n) is 11.3. The molecule has 3 rings (SSSR count). The van der Waals surface area contributed by atoms with Gasteiger partial charge in [-0.25, -0.2) is 0 Å². The second kappa shape index (κ2) is 4.20. The van der Waals surface area contributed by atoms with Crippen LogP contribution in [-0.2, 0) is 12.0 Å². The van der Waals surface area contributed by atoms with Gasteiger partial charge < -0.3 is 4.57 Å². The lowest BCUT2D eigenvalue weighted by Crippen LogP contribution is -2.28. The molecule has 98 valence electrons. The number of benzene rings is 1. The first kappa shape index (κ1) is 12.9. The summed E-state index contributed by atoms with van der Waals surface area (Å²) in [5.74, 6) is 0.157. The first-order chi connectivity index (χ1) is 8.94. The van der Waals surface area contributed by atoms with Crippen molar-refractivity contribution < 1.29 is 4.79 Å². The molecule has 0 fully saturated rings. The van der Waals surface area contributed by atoms with Crippen molar-refractivity contribution in [3.05, 3.63) is 45.2 Å². The monoisotopic (exact) mass is 365 g/mol. The second-order valence-electron chi connectivity index (χ2n) is 5.58. The molecule has 2 heterocycles. The summed E-state index contributed by atoms with van der Waals surface area (Å²) in [5, 5.41) is 1.08. The predicted molar refractivity (Wildman–Crippen MR) is 87.1 cm³/mol. The van der Waals surface area contributed by atoms with Crippen LogP contribution in [0.4, 0.5) is 0 Å². The third kappa shape index (κ3) is 1.71. The molecule has 0 saturated heterocycles. The molecule has 0 aliphatic carbocycles. The molecule has 2 nitrogen and oxygen atoms in total. The Morgan fingerprint density at radius 2 is 2.00 bits per heavy atom. The number of rotatable bonds is 1. The average molecular weight is 365 g/mol. The highest BCUT2D eigenvalue weighted by Crippen LogP contribution is 2.44. The molecule has 0 bridgehead atoms. The minimum Gasteiger partial charge on any atom is -0.339 e. The number of hydrogen-bond donors (Lipinski definition) is 0. The summed E-state index contributed by atoms with van der Waals surface area (Å²) >= 11 is 2.40. The van der Waals surface area contributed by atoms with Crippen LogP contribution in [0, 0.1) is 0 Å². The van der Waals surface area contributed by atoms with Crippen molar-refractivity contribution in [3.63, 3.8) is 0 Å². The molecule has 0 unspecified atom stereocenters. The number of carbonyl (C=O) groups excluding carboxylic acids is 1. The zero-order valence-corrected chi connectivity index (χ0v) is 13.5. The van der Waals surface area contributed by atoms with Crippen LogP contribution in [-0.4, -0.2) is 10.4 Å². The fourth-order valence-corrected chi connectivity index (χ4v) is 3.49. The van der Waals surface area contributed by atoms with Gasteiger partial charge in [0.2, 0.25) is 0 Å². The van der Waals surface area contributed by atoms with Crippen LogP contribution in [0.1, 0.15) is 36.8 Å². The first-order valence-electron chi connectivity index (χ1n) is 6.43. The van der Waals surface area contributed by atoms with Gasteiger partial charge in [-0.3, -0.25) is 4.79 Å². The van der Waals surface area contributed by atoms with E-state index in [1.54, 1.807) is 6.92 Å². The number of fused-ring (bicyclic) bond motifs is 3. The zero-order chi connectivity index (χ0) is 13.8. The maximum Gasteiger partial charge on any atom is 0.162 e. The van der Waals surface area contributed by atoms with Crippen molar-refractivity contribution in [2.45, 2.75) is 32.7 Å². The van der Waals surface area contributed by atoms with Crippen LogP contribution < -0.4 is 0 Å². The number of halogens is 1. The van der Waals surface area contributed by atoms with Crippen LogP contribution in [0.2, 0.25) is 0 Å². The van der Waals surface area contributed by atoms with Crippen LogP contribution >= 0.6 is 22.6 Å². The van der Waals surface area contributed by atoms with Crippen LogP contribution in [0.5, 0.6) is 0 Å². The summed E-state index contributed by atoms with van der Waals surface area (Å²) in [4.78, 5) is 12.2. The Morgan fingerprint density at radius 1 is 1.32 bits per heavy atom. The van der Waals surface area contributed by atoms with Crippen molar-refractivity contribution in [2.75, 3.05) is 0 Å². The standard InChI is InChI=1S/C16H16INO/c1-10(19)14-11-6-4-5-7-12(11)18-9-8-13(17)16(2,3)15(14)18/h4-8H,9H2,1-3H3. The third-order valence-electron chi connectivity index (χ3n) is 3.97. The highest BCUT2D eigenvalue weighted by atomic mass is 127. The number of Topliss-reactive ketones (excluding diaryl/α,β-unsaturated/α-hetero) is 1. The second-order valence-corrected chi connectivity index (χ2v) is 6.75. The number of nitrogens with zero attached hydrogens (tertiary/aromatic N) is 1. The molecule has 3 heteroatoms. The van der Waals surface area contributed by atoms with Crippen LogP contribution in [0.25, 0.3) is 10.9 Å². The molecule has 1 aliphatic rings. The number of aromatic nitrogens is 1. The maximum absolute atomic E-state index is 12.2. The maximum atomic E-state index is 12.2. The van der Waals surface area contributed by atoms with E-state index in [2.05, 4.69) is 59.2 Å². The highest BCUT2D eigenvalue weighted by Gasteiger charge is 2.35. The van der Waals surface area contributed by atoms with Gasteiger partial charge in [-0.2, -0.15) is 0 Å². The van der Waals surface area contributed by atoms with E-state index in [1.807, 2.05) is 12.1 Å². The van der Waals surface area contributed by atoms with Gasteiger partial charge in [-0.05, 0) is 53.0 Å². The van der Waals surface area contributed by atoms with Gasteiger partial charge >= 0.3 is 0 Å². The Bertz CT molecular complexity index is 722. The lowest BCUT2D eigenvalue weighted by atomic mass is 9.83. The topological polar surface area (TPSA) is 22.0 Å². The van der Waals surface area contributed by atoms with E-state index in [0.717, 1.165) is 28.7 Å². The molecule has 1 aliphatic heterocycles. The minimum atomic E-state index is -0.0984. The van der Waals surface area contributed by atoms with Gasteiger partial charge in [-0.1, -0.05) is 24.3 Å². The highest BCUT2D eigenvalue weighted by molar-refractivity contribution is 14.1. The lowest BCUT2D eigenvalue weighted by Gasteiger charge is -2.31. The van der Waals surface area contributed by atoms with E-state index in [1.165, 1.54) is 3.58 Å². The van der Waals surface area contributed by atoms with E-state index < -0.39 is 0 Å². The van der Waals surface area contributed by atoms with Gasteiger partial charge in [0.25, 0.3) is 0 Å². The van der Waals surface area contributed by atoms with E-state index >= 15 is 0 Å². The molecular weight excluding hydrogens is 349 g/mol. The summed E-state index contributed by atoms with van der Waals surface area (Å²) in [5.41, 5.74) is 3.12. The number of para-hydroxylation sites is 1. The van der Waals surface area contributed by atoms with Crippen LogP contribution in [0.3, 0.4) is 0 Å². The van der Waals surface area contributed by atoms with E-state index in [-0.39, 0.29) is 11.2 Å². The number of hydrogen-bond acceptors (Lipinski definition) is 1. The largest absolute Gasteiger partial charge is 0.339 e. The molecule has 1 aromatic heterocycles. The van der Waals surface area contributed by atoms with E-state index in [0.29, 0.717) is 0 Å². The number of ketones is 1. The summed E-state index contributed by atoms with van der Waals surface area (Å²) < 4.78 is 3.59. The Kier molecular flexibility index (Phi) is 2.85. The molecule has 0 amide bonds.